The molecule has 1 aromatic carbocycles. The maximum absolute atomic E-state index is 13.5. The van der Waals surface area contributed by atoms with E-state index in [1.807, 2.05) is 0 Å². The van der Waals surface area contributed by atoms with Crippen molar-refractivity contribution in [2.45, 2.75) is 24.0 Å². The molecule has 0 N–H and O–H groups in total. The highest BCUT2D eigenvalue weighted by Gasteiger charge is 2.29. The molecule has 4 rings (SSSR count). The third-order valence-corrected chi connectivity index (χ3v) is 5.38. The largest absolute Gasteiger partial charge is 0.381 e. The molecule has 10 heteroatoms. The van der Waals surface area contributed by atoms with Crippen molar-refractivity contribution in [2.24, 2.45) is 0 Å². The zero-order valence-electron chi connectivity index (χ0n) is 16.1. The molecule has 0 bridgehead atoms. The van der Waals surface area contributed by atoms with Crippen LogP contribution in [0.5, 0.6) is 0 Å². The molecule has 0 spiro atoms. The number of nitrogens with zero attached hydrogens (tertiary/aromatic N) is 5. The van der Waals surface area contributed by atoms with Gasteiger partial charge in [0.1, 0.15) is 17.6 Å². The van der Waals surface area contributed by atoms with Crippen molar-refractivity contribution in [2.75, 3.05) is 20.3 Å². The van der Waals surface area contributed by atoms with Crippen molar-refractivity contribution in [3.8, 4) is 23.1 Å². The van der Waals surface area contributed by atoms with Crippen molar-refractivity contribution < 1.29 is 13.3 Å². The Balaban J connectivity index is 1.99. The summed E-state index contributed by atoms with van der Waals surface area (Å²) >= 11 is 0.975. The zero-order valence-corrected chi connectivity index (χ0v) is 16.9. The lowest BCUT2D eigenvalue weighted by atomic mass is 10.1. The molecule has 3 heterocycles. The van der Waals surface area contributed by atoms with Gasteiger partial charge in [0.25, 0.3) is 0 Å². The molecule has 3 aromatic rings. The minimum atomic E-state index is -0.418. The Morgan fingerprint density at radius 2 is 2.00 bits per heavy atom. The highest BCUT2D eigenvalue weighted by Crippen LogP contribution is 2.30. The predicted molar refractivity (Wildman–Crippen MR) is 108 cm³/mol. The molecule has 2 aromatic heterocycles. The second kappa shape index (κ2) is 8.79. The third-order valence-electron chi connectivity index (χ3n) is 4.87. The Hall–Kier alpha value is -3.00. The third kappa shape index (κ3) is 3.75. The predicted octanol–water partition coefficient (Wildman–Crippen LogP) is 3.11. The molecule has 30 heavy (non-hydrogen) atoms. The van der Waals surface area contributed by atoms with E-state index in [0.717, 1.165) is 12.0 Å². The number of ether oxygens (including phenoxy) is 1. The Labute approximate surface area is 176 Å². The highest BCUT2D eigenvalue weighted by atomic mass is 32.2. The van der Waals surface area contributed by atoms with Crippen LogP contribution in [-0.2, 0) is 8.92 Å². The monoisotopic (exact) mass is 427 g/mol. The number of hydrogen-bond acceptors (Lipinski definition) is 7. The highest BCUT2D eigenvalue weighted by molar-refractivity contribution is 7.94. The molecular weight excluding hydrogens is 409 g/mol. The van der Waals surface area contributed by atoms with Gasteiger partial charge >= 0.3 is 5.69 Å². The van der Waals surface area contributed by atoms with E-state index in [-0.39, 0.29) is 17.4 Å². The summed E-state index contributed by atoms with van der Waals surface area (Å²) in [4.78, 5) is 22.1. The van der Waals surface area contributed by atoms with Gasteiger partial charge in [0.15, 0.2) is 5.69 Å². The van der Waals surface area contributed by atoms with E-state index in [4.69, 9.17) is 8.92 Å². The normalized spacial score (nSPS) is 14.6. The van der Waals surface area contributed by atoms with Crippen LogP contribution in [0.1, 0.15) is 24.6 Å². The SMILES string of the molecule is COSc1nccc(-c2c(C#N)n(C3CCOCC3)c(=O)n2-c2ccc(F)cc2)n1. The molecule has 0 amide bonds. The fourth-order valence-corrected chi connectivity index (χ4v) is 3.95. The number of halogens is 1. The van der Waals surface area contributed by atoms with Crippen LogP contribution < -0.4 is 5.69 Å². The number of rotatable bonds is 5. The molecule has 1 aliphatic heterocycles. The van der Waals surface area contributed by atoms with Gasteiger partial charge in [-0.2, -0.15) is 5.26 Å². The number of nitriles is 1. The molecule has 154 valence electrons. The first-order chi connectivity index (χ1) is 14.6. The molecule has 1 aliphatic rings. The van der Waals surface area contributed by atoms with Crippen LogP contribution in [0.4, 0.5) is 4.39 Å². The summed E-state index contributed by atoms with van der Waals surface area (Å²) in [5.41, 5.74) is 0.996. The molecule has 1 fully saturated rings. The van der Waals surface area contributed by atoms with E-state index in [2.05, 4.69) is 16.0 Å². The topological polar surface area (TPSA) is 95.0 Å². The molecule has 0 aliphatic carbocycles. The van der Waals surface area contributed by atoms with Crippen LogP contribution in [0.25, 0.3) is 17.1 Å². The Morgan fingerprint density at radius 1 is 1.27 bits per heavy atom. The van der Waals surface area contributed by atoms with Crippen molar-refractivity contribution >= 4 is 12.0 Å². The maximum atomic E-state index is 13.5. The number of aromatic nitrogens is 4. The van der Waals surface area contributed by atoms with Gasteiger partial charge in [-0.15, -0.1) is 0 Å². The first-order valence-electron chi connectivity index (χ1n) is 9.29. The number of benzene rings is 1. The van der Waals surface area contributed by atoms with Crippen molar-refractivity contribution in [3.63, 3.8) is 0 Å². The van der Waals surface area contributed by atoms with Gasteiger partial charge in [-0.1, -0.05) is 0 Å². The summed E-state index contributed by atoms with van der Waals surface area (Å²) < 4.78 is 26.9. The van der Waals surface area contributed by atoms with E-state index in [0.29, 0.717) is 48.3 Å². The van der Waals surface area contributed by atoms with Gasteiger partial charge in [-0.05, 0) is 43.2 Å². The molecule has 1 saturated heterocycles. The van der Waals surface area contributed by atoms with Crippen LogP contribution in [0, 0.1) is 17.1 Å². The molecular formula is C20H18FN5O3S. The summed E-state index contributed by atoms with van der Waals surface area (Å²) in [5.74, 6) is -0.418. The Bertz CT molecular complexity index is 1150. The summed E-state index contributed by atoms with van der Waals surface area (Å²) in [6.07, 6.45) is 2.78. The number of imidazole rings is 1. The standard InChI is InChI=1S/C20H18FN5O3S/c1-28-30-19-23-9-6-16(24-19)18-17(12-22)25(15-7-10-29-11-8-15)20(27)26(18)14-4-2-13(21)3-5-14/h2-6,9,15H,7-8,10-11H2,1H3. The molecule has 0 saturated carbocycles. The lowest BCUT2D eigenvalue weighted by Crippen LogP contribution is -2.31. The molecule has 0 unspecified atom stereocenters. The fourth-order valence-electron chi connectivity index (χ4n) is 3.56. The summed E-state index contributed by atoms with van der Waals surface area (Å²) in [6.45, 7) is 1.03. The second-order valence-electron chi connectivity index (χ2n) is 6.59. The first-order valence-corrected chi connectivity index (χ1v) is 10.0. The minimum Gasteiger partial charge on any atom is -0.381 e. The minimum absolute atomic E-state index is 0.170. The van der Waals surface area contributed by atoms with Gasteiger partial charge in [0, 0.05) is 25.5 Å². The summed E-state index contributed by atoms with van der Waals surface area (Å²) in [7, 11) is 1.50. The van der Waals surface area contributed by atoms with Gasteiger partial charge in [-0.25, -0.2) is 19.2 Å². The lowest BCUT2D eigenvalue weighted by Gasteiger charge is -2.23. The average Bonchev–Trinajstić information content (AvgIpc) is 3.07. The van der Waals surface area contributed by atoms with Crippen molar-refractivity contribution in [3.05, 3.63) is 58.5 Å². The van der Waals surface area contributed by atoms with E-state index in [1.165, 1.54) is 46.7 Å². The van der Waals surface area contributed by atoms with Gasteiger partial charge < -0.3 is 8.92 Å². The molecule has 0 atom stereocenters. The summed E-state index contributed by atoms with van der Waals surface area (Å²) in [6, 6.07) is 9.19. The maximum Gasteiger partial charge on any atom is 0.334 e. The van der Waals surface area contributed by atoms with E-state index < -0.39 is 5.82 Å². The van der Waals surface area contributed by atoms with Gasteiger partial charge in [0.05, 0.1) is 30.5 Å². The Morgan fingerprint density at radius 3 is 2.67 bits per heavy atom. The van der Waals surface area contributed by atoms with Crippen molar-refractivity contribution in [1.82, 2.24) is 19.1 Å². The van der Waals surface area contributed by atoms with E-state index in [9.17, 15) is 14.4 Å². The second-order valence-corrected chi connectivity index (χ2v) is 7.46. The smallest absolute Gasteiger partial charge is 0.334 e. The van der Waals surface area contributed by atoms with Crippen molar-refractivity contribution in [1.29, 1.82) is 5.26 Å². The summed E-state index contributed by atoms with van der Waals surface area (Å²) in [5, 5.41) is 10.3. The van der Waals surface area contributed by atoms with Crippen LogP contribution in [0.15, 0.2) is 46.5 Å². The zero-order chi connectivity index (χ0) is 21.1. The fraction of sp³-hybridized carbons (Fsp3) is 0.300. The lowest BCUT2D eigenvalue weighted by molar-refractivity contribution is 0.0684. The van der Waals surface area contributed by atoms with E-state index in [1.54, 1.807) is 6.07 Å². The van der Waals surface area contributed by atoms with Crippen LogP contribution in [0.3, 0.4) is 0 Å². The first kappa shape index (κ1) is 20.3. The average molecular weight is 427 g/mol. The van der Waals surface area contributed by atoms with Crippen LogP contribution >= 0.6 is 12.0 Å². The van der Waals surface area contributed by atoms with Gasteiger partial charge in [-0.3, -0.25) is 9.13 Å². The van der Waals surface area contributed by atoms with Crippen LogP contribution in [-0.4, -0.2) is 39.4 Å². The quantitative estimate of drug-likeness (QED) is 0.456. The van der Waals surface area contributed by atoms with E-state index >= 15 is 0 Å². The molecule has 0 radical (unpaired) electrons. The Kier molecular flexibility index (Phi) is 5.94. The number of hydrogen-bond donors (Lipinski definition) is 0. The van der Waals surface area contributed by atoms with Crippen LogP contribution in [0.2, 0.25) is 0 Å². The molecule has 8 nitrogen and oxygen atoms in total. The van der Waals surface area contributed by atoms with Gasteiger partial charge in [0.2, 0.25) is 5.16 Å².